The maximum atomic E-state index is 13.4. The van der Waals surface area contributed by atoms with Crippen LogP contribution in [-0.4, -0.2) is 17.7 Å². The Hall–Kier alpha value is -11.4. The Morgan fingerprint density at radius 1 is 0.119 bits per heavy atom. The zero-order valence-electron chi connectivity index (χ0n) is 50.5. The van der Waals surface area contributed by atoms with Crippen LogP contribution in [0.2, 0.25) is 0 Å². The van der Waals surface area contributed by atoms with Gasteiger partial charge in [0.05, 0.1) is 44.5 Å². The van der Waals surface area contributed by atoms with E-state index in [2.05, 4.69) is 72.8 Å². The molecule has 1 radical (unpaired) electrons. The van der Waals surface area contributed by atoms with Gasteiger partial charge in [0.1, 0.15) is 0 Å². The van der Waals surface area contributed by atoms with Gasteiger partial charge in [0.15, 0.2) is 186 Å². The van der Waals surface area contributed by atoms with Gasteiger partial charge in [0, 0.05) is 0 Å². The van der Waals surface area contributed by atoms with Gasteiger partial charge in [-0.05, 0) is 32.3 Å². The van der Waals surface area contributed by atoms with Crippen molar-refractivity contribution in [3.8, 4) is 44.5 Å². The standard InChI is InChI=1S/C18H12.4C12F10.BH2O2/c1-2-8-14-13(7-1)15-9-3-4-11-17(15)18-12-6-5-10-16(14)18;4*13-3-1(4(14)8(18)11(21)7(3)17)2-5(15)9(19)12(22)10(20)6(2)16;2-1-3/h1-12H;;;;;2-3H. The predicted octanol–water partition coefficient (Wildman–Crippen LogP) is 22.6. The van der Waals surface area contributed by atoms with Gasteiger partial charge in [-0.2, -0.15) is 0 Å². The fourth-order valence-corrected chi connectivity index (χ4v) is 9.45. The topological polar surface area (TPSA) is 40.5 Å². The lowest BCUT2D eigenvalue weighted by Crippen LogP contribution is -2.10. The van der Waals surface area contributed by atoms with E-state index in [0.717, 1.165) is 0 Å². The average Bonchev–Trinajstić information content (AvgIpc) is 0.776. The molecule has 0 heterocycles. The van der Waals surface area contributed by atoms with Gasteiger partial charge in [0.25, 0.3) is 0 Å². The van der Waals surface area contributed by atoms with Crippen LogP contribution in [0.25, 0.3) is 76.8 Å². The normalized spacial score (nSPS) is 11.0. The van der Waals surface area contributed by atoms with E-state index in [1.807, 2.05) is 0 Å². The summed E-state index contributed by atoms with van der Waals surface area (Å²) < 4.78 is 525. The van der Waals surface area contributed by atoms with Crippen LogP contribution < -0.4 is 0 Å². The number of halogens is 40. The summed E-state index contributed by atoms with van der Waals surface area (Å²) in [7, 11) is 0. The molecule has 12 aromatic carbocycles. The monoisotopic (exact) mass is 1610 g/mol. The fourth-order valence-electron chi connectivity index (χ4n) is 9.45. The number of fused-ring (bicyclic) bond motifs is 6. The molecule has 0 unspecified atom stereocenters. The van der Waals surface area contributed by atoms with E-state index in [4.69, 9.17) is 10.0 Å². The first kappa shape index (κ1) is 84.9. The van der Waals surface area contributed by atoms with Gasteiger partial charge >= 0.3 is 7.69 Å². The minimum Gasteiger partial charge on any atom is -0.429 e. The van der Waals surface area contributed by atoms with Gasteiger partial charge < -0.3 is 10.0 Å². The molecule has 0 bridgehead atoms. The average molecular weight is 1610 g/mol. The van der Waals surface area contributed by atoms with Crippen molar-refractivity contribution in [3.63, 3.8) is 0 Å². The lowest BCUT2D eigenvalue weighted by atomic mass is 9.95. The van der Waals surface area contributed by atoms with Crippen molar-refractivity contribution in [2.24, 2.45) is 0 Å². The van der Waals surface area contributed by atoms with Crippen molar-refractivity contribution >= 4 is 40.0 Å². The highest BCUT2D eigenvalue weighted by Gasteiger charge is 2.40. The summed E-state index contributed by atoms with van der Waals surface area (Å²) in [6, 6.07) is 26.0. The molecule has 573 valence electrons. The van der Waals surface area contributed by atoms with Crippen molar-refractivity contribution in [3.05, 3.63) is 305 Å². The Balaban J connectivity index is 0.000000188. The molecule has 2 nitrogen and oxygen atoms in total. The third kappa shape index (κ3) is 14.8. The van der Waals surface area contributed by atoms with Gasteiger partial charge in [0.2, 0.25) is 46.5 Å². The minimum atomic E-state index is -2.68. The summed E-state index contributed by atoms with van der Waals surface area (Å²) in [5.74, 6) is -107. The van der Waals surface area contributed by atoms with Crippen LogP contribution >= 0.6 is 0 Å². The van der Waals surface area contributed by atoms with Crippen LogP contribution in [0.1, 0.15) is 0 Å². The molecule has 12 rings (SSSR count). The lowest BCUT2D eigenvalue weighted by Gasteiger charge is -2.11. The van der Waals surface area contributed by atoms with E-state index >= 15 is 0 Å². The third-order valence-electron chi connectivity index (χ3n) is 14.3. The summed E-state index contributed by atoms with van der Waals surface area (Å²) in [6.07, 6.45) is 0. The fraction of sp³-hybridized carbons (Fsp3) is 0. The van der Waals surface area contributed by atoms with Crippen LogP contribution in [0.5, 0.6) is 0 Å². The summed E-state index contributed by atoms with van der Waals surface area (Å²) >= 11 is 0. The summed E-state index contributed by atoms with van der Waals surface area (Å²) in [5, 5.41) is 22.0. The van der Waals surface area contributed by atoms with Gasteiger partial charge in [-0.25, -0.2) is 176 Å². The molecule has 43 heteroatoms. The van der Waals surface area contributed by atoms with Crippen LogP contribution in [0.4, 0.5) is 176 Å². The first-order valence-electron chi connectivity index (χ1n) is 27.3. The molecule has 0 aliphatic rings. The summed E-state index contributed by atoms with van der Waals surface area (Å²) in [4.78, 5) is 0. The molecule has 0 aliphatic heterocycles. The molecule has 0 spiro atoms. The SMILES string of the molecule is Fc1c(F)c(F)c(-c2c(F)c(F)c(F)c(F)c2F)c(F)c1F.Fc1c(F)c(F)c(-c2c(F)c(F)c(F)c(F)c2F)c(F)c1F.Fc1c(F)c(F)c(-c2c(F)c(F)c(F)c(F)c2F)c(F)c1F.Fc1c(F)c(F)c(-c2c(F)c(F)c(F)c(F)c2F)c(F)c1F.O[B]O.c1ccc2c(c1)c1ccccc1c1ccccc21. The Kier molecular flexibility index (Phi) is 25.7. The highest BCUT2D eigenvalue weighted by molar-refractivity contribution is 6.25. The first-order chi connectivity index (χ1) is 50.8. The second-order valence-electron chi connectivity index (χ2n) is 20.3. The molecule has 2 N–H and O–H groups in total. The molecular formula is C66H14BF40O2. The number of hydrogen-bond acceptors (Lipinski definition) is 2. The zero-order valence-corrected chi connectivity index (χ0v) is 50.5. The Morgan fingerprint density at radius 3 is 0.239 bits per heavy atom. The number of benzene rings is 12. The quantitative estimate of drug-likeness (QED) is 0.0606. The Morgan fingerprint density at radius 2 is 0.174 bits per heavy atom. The Bertz CT molecular complexity index is 4450. The van der Waals surface area contributed by atoms with E-state index in [-0.39, 0.29) is 7.69 Å². The molecule has 0 saturated carbocycles. The zero-order chi connectivity index (χ0) is 82.4. The molecule has 0 atom stereocenters. The van der Waals surface area contributed by atoms with Gasteiger partial charge in [-0.1, -0.05) is 72.8 Å². The second-order valence-corrected chi connectivity index (χ2v) is 20.3. The first-order valence-corrected chi connectivity index (χ1v) is 27.3. The summed E-state index contributed by atoms with van der Waals surface area (Å²) in [5.41, 5.74) is -18.1. The van der Waals surface area contributed by atoms with Crippen molar-refractivity contribution in [1.29, 1.82) is 0 Å². The van der Waals surface area contributed by atoms with Gasteiger partial charge in [-0.15, -0.1) is 0 Å². The van der Waals surface area contributed by atoms with Crippen molar-refractivity contribution in [1.82, 2.24) is 0 Å². The van der Waals surface area contributed by atoms with Crippen molar-refractivity contribution in [2.75, 3.05) is 0 Å². The van der Waals surface area contributed by atoms with E-state index in [0.29, 0.717) is 0 Å². The highest BCUT2D eigenvalue weighted by Crippen LogP contribution is 2.43. The minimum absolute atomic E-state index is 0. The third-order valence-corrected chi connectivity index (χ3v) is 14.3. The maximum Gasteiger partial charge on any atom is 0.482 e. The smallest absolute Gasteiger partial charge is 0.429 e. The molecule has 0 aromatic heterocycles. The van der Waals surface area contributed by atoms with Crippen LogP contribution in [0, 0.1) is 233 Å². The highest BCUT2D eigenvalue weighted by atomic mass is 19.2. The second kappa shape index (κ2) is 33.0. The molecule has 0 saturated heterocycles. The molecule has 12 aromatic rings. The van der Waals surface area contributed by atoms with Crippen LogP contribution in [0.15, 0.2) is 72.8 Å². The maximum absolute atomic E-state index is 13.4. The molecule has 0 aliphatic carbocycles. The lowest BCUT2D eigenvalue weighted by molar-refractivity contribution is 0.370. The van der Waals surface area contributed by atoms with E-state index in [1.165, 1.54) is 32.3 Å². The number of rotatable bonds is 4. The van der Waals surface area contributed by atoms with Crippen molar-refractivity contribution < 1.29 is 186 Å². The molecular weight excluding hydrogens is 1600 g/mol. The van der Waals surface area contributed by atoms with E-state index in [1.54, 1.807) is 0 Å². The molecule has 0 amide bonds. The van der Waals surface area contributed by atoms with Crippen LogP contribution in [0.3, 0.4) is 0 Å². The van der Waals surface area contributed by atoms with Crippen molar-refractivity contribution in [2.45, 2.75) is 0 Å². The molecule has 0 fully saturated rings. The summed E-state index contributed by atoms with van der Waals surface area (Å²) in [6.45, 7) is 0. The van der Waals surface area contributed by atoms with Gasteiger partial charge in [-0.3, -0.25) is 0 Å². The van der Waals surface area contributed by atoms with E-state index < -0.39 is 277 Å². The molecule has 109 heavy (non-hydrogen) atoms. The predicted molar refractivity (Wildman–Crippen MR) is 295 cm³/mol. The van der Waals surface area contributed by atoms with E-state index in [9.17, 15) is 176 Å². The van der Waals surface area contributed by atoms with Crippen LogP contribution in [-0.2, 0) is 0 Å². The number of hydrogen-bond donors (Lipinski definition) is 2. The Labute approximate surface area is 574 Å². The largest absolute Gasteiger partial charge is 0.482 e.